The highest BCUT2D eigenvalue weighted by Gasteiger charge is 2.12. The molecule has 0 saturated carbocycles. The van der Waals surface area contributed by atoms with Crippen LogP contribution >= 0.6 is 0 Å². The van der Waals surface area contributed by atoms with E-state index in [9.17, 15) is 4.79 Å². The summed E-state index contributed by atoms with van der Waals surface area (Å²) in [6.07, 6.45) is 1.47. The van der Waals surface area contributed by atoms with Crippen molar-refractivity contribution in [1.29, 1.82) is 0 Å². The van der Waals surface area contributed by atoms with E-state index in [0.29, 0.717) is 6.42 Å². The Bertz CT molecular complexity index is 388. The Morgan fingerprint density at radius 3 is 2.65 bits per heavy atom. The quantitative estimate of drug-likeness (QED) is 0.793. The minimum atomic E-state index is 0.173. The summed E-state index contributed by atoms with van der Waals surface area (Å²) >= 11 is 0. The normalized spacial score (nSPS) is 10.4. The predicted molar refractivity (Wildman–Crippen MR) is 72.5 cm³/mol. The molecule has 3 heteroatoms. The van der Waals surface area contributed by atoms with Gasteiger partial charge in [0.05, 0.1) is 0 Å². The standard InChI is InChI=1S/C14H22N2O/c1-11-7-8-13(12(2)10-11)16(4)14(17)6-5-9-15-3/h7-8,10,15H,5-6,9H2,1-4H3. The van der Waals surface area contributed by atoms with Crippen LogP contribution in [-0.4, -0.2) is 26.5 Å². The average molecular weight is 234 g/mol. The third kappa shape index (κ3) is 3.86. The maximum Gasteiger partial charge on any atom is 0.226 e. The van der Waals surface area contributed by atoms with Crippen LogP contribution in [-0.2, 0) is 4.79 Å². The van der Waals surface area contributed by atoms with Crippen molar-refractivity contribution in [2.75, 3.05) is 25.5 Å². The summed E-state index contributed by atoms with van der Waals surface area (Å²) in [5.74, 6) is 0.173. The van der Waals surface area contributed by atoms with E-state index in [2.05, 4.69) is 18.3 Å². The molecule has 0 heterocycles. The highest BCUT2D eigenvalue weighted by Crippen LogP contribution is 2.20. The third-order valence-electron chi connectivity index (χ3n) is 2.91. The average Bonchev–Trinajstić information content (AvgIpc) is 2.28. The number of benzene rings is 1. The third-order valence-corrected chi connectivity index (χ3v) is 2.91. The molecule has 1 N–H and O–H groups in total. The number of amides is 1. The molecule has 0 aliphatic carbocycles. The van der Waals surface area contributed by atoms with Crippen LogP contribution in [0.1, 0.15) is 24.0 Å². The first-order valence-corrected chi connectivity index (χ1v) is 6.04. The molecule has 3 nitrogen and oxygen atoms in total. The molecular formula is C14H22N2O. The van der Waals surface area contributed by atoms with Crippen molar-refractivity contribution in [3.63, 3.8) is 0 Å². The molecule has 0 bridgehead atoms. The molecule has 0 atom stereocenters. The fourth-order valence-electron chi connectivity index (χ4n) is 1.90. The Morgan fingerprint density at radius 1 is 1.35 bits per heavy atom. The van der Waals surface area contributed by atoms with Crippen molar-refractivity contribution in [1.82, 2.24) is 5.32 Å². The van der Waals surface area contributed by atoms with Crippen LogP contribution in [0.25, 0.3) is 0 Å². The summed E-state index contributed by atoms with van der Waals surface area (Å²) in [5, 5.41) is 3.05. The fraction of sp³-hybridized carbons (Fsp3) is 0.500. The van der Waals surface area contributed by atoms with Gasteiger partial charge in [-0.15, -0.1) is 0 Å². The molecule has 0 aliphatic rings. The number of aryl methyl sites for hydroxylation is 2. The molecule has 1 amide bonds. The number of carbonyl (C=O) groups is 1. The topological polar surface area (TPSA) is 32.3 Å². The number of rotatable bonds is 5. The highest BCUT2D eigenvalue weighted by atomic mass is 16.2. The molecular weight excluding hydrogens is 212 g/mol. The molecule has 0 aromatic heterocycles. The largest absolute Gasteiger partial charge is 0.320 e. The van der Waals surface area contributed by atoms with Crippen molar-refractivity contribution in [2.24, 2.45) is 0 Å². The number of nitrogens with one attached hydrogen (secondary N) is 1. The van der Waals surface area contributed by atoms with Crippen LogP contribution in [0.5, 0.6) is 0 Å². The van der Waals surface area contributed by atoms with E-state index >= 15 is 0 Å². The lowest BCUT2D eigenvalue weighted by molar-refractivity contribution is -0.118. The lowest BCUT2D eigenvalue weighted by Gasteiger charge is -2.20. The van der Waals surface area contributed by atoms with Gasteiger partial charge in [0.15, 0.2) is 0 Å². The minimum absolute atomic E-state index is 0.173. The van der Waals surface area contributed by atoms with Crippen molar-refractivity contribution in [3.05, 3.63) is 29.3 Å². The number of anilines is 1. The van der Waals surface area contributed by atoms with Crippen molar-refractivity contribution in [2.45, 2.75) is 26.7 Å². The summed E-state index contributed by atoms with van der Waals surface area (Å²) < 4.78 is 0. The summed E-state index contributed by atoms with van der Waals surface area (Å²) in [5.41, 5.74) is 3.38. The zero-order chi connectivity index (χ0) is 12.8. The van der Waals surface area contributed by atoms with Gasteiger partial charge in [-0.1, -0.05) is 17.7 Å². The number of hydrogen-bond acceptors (Lipinski definition) is 2. The van der Waals surface area contributed by atoms with Gasteiger partial charge in [0, 0.05) is 19.2 Å². The van der Waals surface area contributed by atoms with Gasteiger partial charge < -0.3 is 10.2 Å². The van der Waals surface area contributed by atoms with E-state index in [1.807, 2.05) is 33.2 Å². The van der Waals surface area contributed by atoms with Gasteiger partial charge in [-0.05, 0) is 45.5 Å². The Morgan fingerprint density at radius 2 is 2.06 bits per heavy atom. The maximum atomic E-state index is 12.0. The van der Waals surface area contributed by atoms with E-state index in [1.165, 1.54) is 5.56 Å². The van der Waals surface area contributed by atoms with Gasteiger partial charge in [0.25, 0.3) is 0 Å². The SMILES string of the molecule is CNCCCC(=O)N(C)c1ccc(C)cc1C. The molecule has 0 radical (unpaired) electrons. The van der Waals surface area contributed by atoms with Crippen molar-refractivity contribution >= 4 is 11.6 Å². The zero-order valence-corrected chi connectivity index (χ0v) is 11.2. The molecule has 1 aromatic carbocycles. The van der Waals surface area contributed by atoms with Gasteiger partial charge in [-0.2, -0.15) is 0 Å². The fourth-order valence-corrected chi connectivity index (χ4v) is 1.90. The van der Waals surface area contributed by atoms with Crippen LogP contribution in [0, 0.1) is 13.8 Å². The second-order valence-electron chi connectivity index (χ2n) is 4.45. The Labute approximate surface area is 104 Å². The van der Waals surface area contributed by atoms with Crippen molar-refractivity contribution in [3.8, 4) is 0 Å². The molecule has 1 rings (SSSR count). The van der Waals surface area contributed by atoms with Crippen LogP contribution in [0.15, 0.2) is 18.2 Å². The van der Waals surface area contributed by atoms with Gasteiger partial charge >= 0.3 is 0 Å². The summed E-state index contributed by atoms with van der Waals surface area (Å²) in [6, 6.07) is 6.16. The molecule has 17 heavy (non-hydrogen) atoms. The monoisotopic (exact) mass is 234 g/mol. The Hall–Kier alpha value is -1.35. The van der Waals surface area contributed by atoms with Crippen LogP contribution < -0.4 is 10.2 Å². The van der Waals surface area contributed by atoms with Crippen LogP contribution in [0.3, 0.4) is 0 Å². The van der Waals surface area contributed by atoms with Gasteiger partial charge in [-0.25, -0.2) is 0 Å². The second-order valence-corrected chi connectivity index (χ2v) is 4.45. The lowest BCUT2D eigenvalue weighted by Crippen LogP contribution is -2.27. The molecule has 0 spiro atoms. The predicted octanol–water partition coefficient (Wildman–Crippen LogP) is 2.27. The minimum Gasteiger partial charge on any atom is -0.320 e. The second kappa shape index (κ2) is 6.40. The molecule has 94 valence electrons. The van der Waals surface area contributed by atoms with E-state index in [-0.39, 0.29) is 5.91 Å². The Kier molecular flexibility index (Phi) is 5.16. The first-order chi connectivity index (χ1) is 8.06. The number of carbonyl (C=O) groups excluding carboxylic acids is 1. The first-order valence-electron chi connectivity index (χ1n) is 6.04. The van der Waals surface area contributed by atoms with Gasteiger partial charge in [0.2, 0.25) is 5.91 Å². The first kappa shape index (κ1) is 13.7. The van der Waals surface area contributed by atoms with E-state index in [0.717, 1.165) is 24.2 Å². The molecule has 0 aliphatic heterocycles. The molecule has 1 aromatic rings. The smallest absolute Gasteiger partial charge is 0.226 e. The van der Waals surface area contributed by atoms with Crippen LogP contribution in [0.2, 0.25) is 0 Å². The summed E-state index contributed by atoms with van der Waals surface area (Å²) in [6.45, 7) is 4.98. The van der Waals surface area contributed by atoms with Crippen LogP contribution in [0.4, 0.5) is 5.69 Å². The van der Waals surface area contributed by atoms with Gasteiger partial charge in [-0.3, -0.25) is 4.79 Å². The Balaban J connectivity index is 2.68. The number of hydrogen-bond donors (Lipinski definition) is 1. The summed E-state index contributed by atoms with van der Waals surface area (Å²) in [4.78, 5) is 13.7. The summed E-state index contributed by atoms with van der Waals surface area (Å²) in [7, 11) is 3.75. The number of nitrogens with zero attached hydrogens (tertiary/aromatic N) is 1. The highest BCUT2D eigenvalue weighted by molar-refractivity contribution is 5.93. The van der Waals surface area contributed by atoms with Crippen molar-refractivity contribution < 1.29 is 4.79 Å². The van der Waals surface area contributed by atoms with E-state index < -0.39 is 0 Å². The lowest BCUT2D eigenvalue weighted by atomic mass is 10.1. The van der Waals surface area contributed by atoms with E-state index in [4.69, 9.17) is 0 Å². The maximum absolute atomic E-state index is 12.0. The van der Waals surface area contributed by atoms with Gasteiger partial charge in [0.1, 0.15) is 0 Å². The molecule has 0 unspecified atom stereocenters. The molecule has 0 saturated heterocycles. The molecule has 0 fully saturated rings. The van der Waals surface area contributed by atoms with E-state index in [1.54, 1.807) is 4.90 Å². The zero-order valence-electron chi connectivity index (χ0n) is 11.2.